The highest BCUT2D eigenvalue weighted by molar-refractivity contribution is 5.76. The first-order valence-electron chi connectivity index (χ1n) is 28.9. The molecule has 0 aromatic heterocycles. The van der Waals surface area contributed by atoms with Gasteiger partial charge in [-0.2, -0.15) is 0 Å². The molecule has 0 fully saturated rings. The minimum Gasteiger partial charge on any atom is -0.466 e. The molecule has 1 amide bonds. The first kappa shape index (κ1) is 63.8. The molecule has 0 spiro atoms. The van der Waals surface area contributed by atoms with Crippen LogP contribution in [0.2, 0.25) is 0 Å². The summed E-state index contributed by atoms with van der Waals surface area (Å²) in [4.78, 5) is 24.5. The van der Waals surface area contributed by atoms with E-state index in [2.05, 4.69) is 55.6 Å². The van der Waals surface area contributed by atoms with Crippen LogP contribution < -0.4 is 5.32 Å². The molecule has 66 heavy (non-hydrogen) atoms. The van der Waals surface area contributed by atoms with Crippen molar-refractivity contribution in [3.05, 3.63) is 48.6 Å². The molecule has 0 rings (SSSR count). The van der Waals surface area contributed by atoms with Crippen molar-refractivity contribution in [2.75, 3.05) is 13.2 Å². The molecule has 0 bridgehead atoms. The van der Waals surface area contributed by atoms with Crippen molar-refractivity contribution >= 4 is 11.9 Å². The Balaban J connectivity index is 3.54. The molecule has 0 saturated heterocycles. The fourth-order valence-corrected chi connectivity index (χ4v) is 8.60. The number of hydrogen-bond acceptors (Lipinski definition) is 5. The van der Waals surface area contributed by atoms with Crippen LogP contribution in [0.5, 0.6) is 0 Å². The van der Waals surface area contributed by atoms with Crippen molar-refractivity contribution < 1.29 is 24.5 Å². The van der Waals surface area contributed by atoms with Crippen molar-refractivity contribution in [1.29, 1.82) is 0 Å². The third kappa shape index (κ3) is 51.2. The van der Waals surface area contributed by atoms with Gasteiger partial charge >= 0.3 is 5.97 Å². The molecule has 2 atom stereocenters. The molecular weight excluding hydrogens is 815 g/mol. The summed E-state index contributed by atoms with van der Waals surface area (Å²) in [5, 5.41) is 23.1. The van der Waals surface area contributed by atoms with E-state index < -0.39 is 12.1 Å². The largest absolute Gasteiger partial charge is 0.466 e. The van der Waals surface area contributed by atoms with Crippen molar-refractivity contribution in [3.8, 4) is 0 Å². The van der Waals surface area contributed by atoms with Crippen LogP contribution in [0.25, 0.3) is 0 Å². The standard InChI is InChI=1S/C60H111NO5/c1-3-5-7-9-11-13-15-17-19-21-25-28-32-36-40-44-48-52-58(63)57(56-62)61-59(64)53-49-45-41-37-33-29-26-22-20-23-27-31-35-39-43-47-51-55-66-60(65)54-50-46-42-38-34-30-24-18-16-14-12-10-8-6-4-2/h18,20,23-24,31,35,48,52,57-58,62-63H,3-17,19,21-22,25-30,32-34,36-47,49-51,53-56H2,1-2H3,(H,61,64)/b23-20-,24-18-,35-31-,52-48+. The van der Waals surface area contributed by atoms with E-state index >= 15 is 0 Å². The first-order valence-corrected chi connectivity index (χ1v) is 28.9. The number of ether oxygens (including phenoxy) is 1. The number of allylic oxidation sites excluding steroid dienone is 7. The molecule has 0 saturated carbocycles. The van der Waals surface area contributed by atoms with Crippen LogP contribution in [0.4, 0.5) is 0 Å². The number of rotatable bonds is 53. The summed E-state index contributed by atoms with van der Waals surface area (Å²) >= 11 is 0. The topological polar surface area (TPSA) is 95.9 Å². The summed E-state index contributed by atoms with van der Waals surface area (Å²) in [5.41, 5.74) is 0. The van der Waals surface area contributed by atoms with E-state index in [1.54, 1.807) is 6.08 Å². The van der Waals surface area contributed by atoms with Gasteiger partial charge in [0.25, 0.3) is 0 Å². The molecule has 2 unspecified atom stereocenters. The molecule has 0 heterocycles. The fraction of sp³-hybridized carbons (Fsp3) is 0.833. The number of nitrogens with one attached hydrogen (secondary N) is 1. The predicted octanol–water partition coefficient (Wildman–Crippen LogP) is 17.8. The summed E-state index contributed by atoms with van der Waals surface area (Å²) < 4.78 is 5.45. The molecule has 0 aliphatic carbocycles. The van der Waals surface area contributed by atoms with Crippen molar-refractivity contribution in [2.24, 2.45) is 0 Å². The number of unbranched alkanes of at least 4 members (excludes halogenated alkanes) is 36. The molecule has 6 nitrogen and oxygen atoms in total. The molecule has 0 aliphatic heterocycles. The fourth-order valence-electron chi connectivity index (χ4n) is 8.60. The van der Waals surface area contributed by atoms with Crippen molar-refractivity contribution in [3.63, 3.8) is 0 Å². The number of aliphatic hydroxyl groups is 2. The molecular formula is C60H111NO5. The van der Waals surface area contributed by atoms with Crippen molar-refractivity contribution in [1.82, 2.24) is 5.32 Å². The van der Waals surface area contributed by atoms with E-state index in [0.717, 1.165) is 83.5 Å². The van der Waals surface area contributed by atoms with Crippen LogP contribution in [0.1, 0.15) is 296 Å². The average molecular weight is 927 g/mol. The van der Waals surface area contributed by atoms with E-state index in [1.165, 1.54) is 186 Å². The van der Waals surface area contributed by atoms with E-state index in [1.807, 2.05) is 6.08 Å². The maximum Gasteiger partial charge on any atom is 0.305 e. The van der Waals surface area contributed by atoms with Gasteiger partial charge in [-0.25, -0.2) is 0 Å². The highest BCUT2D eigenvalue weighted by atomic mass is 16.5. The van der Waals surface area contributed by atoms with Crippen LogP contribution in [-0.4, -0.2) is 47.4 Å². The number of carbonyl (C=O) groups excluding carboxylic acids is 2. The predicted molar refractivity (Wildman–Crippen MR) is 287 cm³/mol. The molecule has 0 radical (unpaired) electrons. The summed E-state index contributed by atoms with van der Waals surface area (Å²) in [6, 6.07) is -0.641. The minimum atomic E-state index is -0.856. The zero-order chi connectivity index (χ0) is 47.9. The number of carbonyl (C=O) groups is 2. The Morgan fingerprint density at radius 2 is 0.758 bits per heavy atom. The zero-order valence-electron chi connectivity index (χ0n) is 43.9. The minimum absolute atomic E-state index is 0.0247. The maximum atomic E-state index is 12.5. The van der Waals surface area contributed by atoms with E-state index in [9.17, 15) is 19.8 Å². The monoisotopic (exact) mass is 926 g/mol. The second kappa shape index (κ2) is 55.4. The number of aliphatic hydroxyl groups excluding tert-OH is 2. The quantitative estimate of drug-likeness (QED) is 0.0321. The van der Waals surface area contributed by atoms with Gasteiger partial charge in [-0.05, 0) is 96.3 Å². The normalized spacial score (nSPS) is 13.0. The van der Waals surface area contributed by atoms with Gasteiger partial charge in [0.2, 0.25) is 5.91 Å². The molecule has 0 aromatic rings. The van der Waals surface area contributed by atoms with Crippen LogP contribution in [0, 0.1) is 0 Å². The first-order chi connectivity index (χ1) is 32.5. The lowest BCUT2D eigenvalue weighted by molar-refractivity contribution is -0.143. The third-order valence-electron chi connectivity index (χ3n) is 13.1. The summed E-state index contributed by atoms with van der Waals surface area (Å²) in [7, 11) is 0. The lowest BCUT2D eigenvalue weighted by atomic mass is 10.0. The Morgan fingerprint density at radius 1 is 0.424 bits per heavy atom. The van der Waals surface area contributed by atoms with Gasteiger partial charge in [0, 0.05) is 12.8 Å². The zero-order valence-corrected chi connectivity index (χ0v) is 43.9. The van der Waals surface area contributed by atoms with Crippen molar-refractivity contribution in [2.45, 2.75) is 309 Å². The third-order valence-corrected chi connectivity index (χ3v) is 13.1. The Kier molecular flexibility index (Phi) is 53.6. The van der Waals surface area contributed by atoms with E-state index in [-0.39, 0.29) is 18.5 Å². The number of esters is 1. The second-order valence-corrected chi connectivity index (χ2v) is 19.6. The Bertz CT molecular complexity index is 1110. The second-order valence-electron chi connectivity index (χ2n) is 19.6. The maximum absolute atomic E-state index is 12.5. The molecule has 3 N–H and O–H groups in total. The highest BCUT2D eigenvalue weighted by Gasteiger charge is 2.18. The smallest absolute Gasteiger partial charge is 0.305 e. The number of hydrogen-bond donors (Lipinski definition) is 3. The Morgan fingerprint density at radius 3 is 1.17 bits per heavy atom. The molecule has 0 aromatic carbocycles. The van der Waals surface area contributed by atoms with Gasteiger partial charge < -0.3 is 20.3 Å². The van der Waals surface area contributed by atoms with Gasteiger partial charge in [0.05, 0.1) is 25.4 Å². The Labute approximate surface area is 410 Å². The summed E-state index contributed by atoms with van der Waals surface area (Å²) in [6.45, 7) is 4.85. The van der Waals surface area contributed by atoms with Gasteiger partial charge in [0.15, 0.2) is 0 Å². The SMILES string of the molecule is CCCCCCCC/C=C\CCCCCCCC(=O)OCCCCC/C=C\C/C=C\CCCCCCCCCC(=O)NC(CO)C(O)/C=C/CCCCCCCCCCCCCCCCC. The highest BCUT2D eigenvalue weighted by Crippen LogP contribution is 2.16. The van der Waals surface area contributed by atoms with E-state index in [0.29, 0.717) is 19.4 Å². The van der Waals surface area contributed by atoms with Crippen LogP contribution in [0.3, 0.4) is 0 Å². The summed E-state index contributed by atoms with van der Waals surface area (Å²) in [6.07, 6.45) is 69.8. The van der Waals surface area contributed by atoms with Gasteiger partial charge in [-0.3, -0.25) is 9.59 Å². The lowest BCUT2D eigenvalue weighted by Gasteiger charge is -2.20. The van der Waals surface area contributed by atoms with Gasteiger partial charge in [-0.15, -0.1) is 0 Å². The average Bonchev–Trinajstić information content (AvgIpc) is 3.32. The number of amides is 1. The van der Waals surface area contributed by atoms with Crippen LogP contribution in [-0.2, 0) is 14.3 Å². The van der Waals surface area contributed by atoms with E-state index in [4.69, 9.17) is 4.74 Å². The Hall–Kier alpha value is -2.18. The van der Waals surface area contributed by atoms with Gasteiger partial charge in [-0.1, -0.05) is 236 Å². The van der Waals surface area contributed by atoms with Crippen LogP contribution >= 0.6 is 0 Å². The lowest BCUT2D eigenvalue weighted by Crippen LogP contribution is -2.45. The summed E-state index contributed by atoms with van der Waals surface area (Å²) in [5.74, 6) is -0.109. The van der Waals surface area contributed by atoms with Crippen LogP contribution in [0.15, 0.2) is 48.6 Å². The molecule has 6 heteroatoms. The van der Waals surface area contributed by atoms with Gasteiger partial charge in [0.1, 0.15) is 0 Å². The molecule has 386 valence electrons. The molecule has 0 aliphatic rings.